The van der Waals surface area contributed by atoms with Crippen molar-refractivity contribution in [2.75, 3.05) is 18.9 Å². The largest absolute Gasteiger partial charge is 0.475 e. The van der Waals surface area contributed by atoms with Gasteiger partial charge in [0.2, 0.25) is 5.95 Å². The van der Waals surface area contributed by atoms with Gasteiger partial charge in [0.25, 0.3) is 5.56 Å². The number of hydrogen-bond acceptors (Lipinski definition) is 10. The molecular formula is C21H24FN4O8P. The molecule has 0 bridgehead atoms. The standard InChI is InChI=1S/C21H24FN4O8P/c1-21(29)16(27)15(33-19(21)26-7-5-13-17(26)24-20(23)25-18(13)28)10-32-35(30)31-8-6-14(34-35)11-3-2-4-12(22)9-11/h2-5,7,9,14-16,19,27,29H,6,8,10H2,1H3,(H3,23,24,25,28)/t14-,15+,16+,19+,21+,35?/m0/s1. The number of aromatic amines is 1. The normalized spacial score (nSPS) is 33.4. The van der Waals surface area contributed by atoms with Crippen molar-refractivity contribution in [1.82, 2.24) is 14.5 Å². The van der Waals surface area contributed by atoms with E-state index >= 15 is 0 Å². The Hall–Kier alpha value is -2.64. The number of halogens is 1. The summed E-state index contributed by atoms with van der Waals surface area (Å²) in [6.45, 7) is 0.945. The Balaban J connectivity index is 1.33. The highest BCUT2D eigenvalue weighted by Gasteiger charge is 2.54. The summed E-state index contributed by atoms with van der Waals surface area (Å²) >= 11 is 0. The molecule has 0 amide bonds. The van der Waals surface area contributed by atoms with Gasteiger partial charge in [-0.25, -0.2) is 8.96 Å². The highest BCUT2D eigenvalue weighted by atomic mass is 31.2. The SMILES string of the molecule is C[C@@]1(O)[C@H](O)[C@@H](COP2(=O)OCC[C@@H](c3cccc(F)c3)O2)O[C@H]1n1ccc2c(=O)[nH]c(N)nc21. The summed E-state index contributed by atoms with van der Waals surface area (Å²) < 4.78 is 50.0. The number of H-pyrrole nitrogens is 1. The van der Waals surface area contributed by atoms with E-state index in [9.17, 15) is 24.0 Å². The molecule has 1 aromatic carbocycles. The number of aliphatic hydroxyl groups excluding tert-OH is 1. The lowest BCUT2D eigenvalue weighted by Gasteiger charge is -2.30. The number of nitrogens with two attached hydrogens (primary N) is 1. The highest BCUT2D eigenvalue weighted by molar-refractivity contribution is 7.48. The topological polar surface area (TPSA) is 171 Å². The van der Waals surface area contributed by atoms with Crippen molar-refractivity contribution < 1.29 is 37.5 Å². The number of aliphatic hydroxyl groups is 2. The van der Waals surface area contributed by atoms with Crippen LogP contribution in [0.1, 0.15) is 31.2 Å². The number of ether oxygens (including phenoxy) is 1. The maximum atomic E-state index is 13.6. The number of nitrogens with zero attached hydrogens (tertiary/aromatic N) is 2. The molecule has 0 aliphatic carbocycles. The van der Waals surface area contributed by atoms with Gasteiger partial charge < -0.3 is 25.3 Å². The second-order valence-corrected chi connectivity index (χ2v) is 10.2. The van der Waals surface area contributed by atoms with Gasteiger partial charge in [-0.2, -0.15) is 4.98 Å². The molecule has 0 spiro atoms. The monoisotopic (exact) mass is 510 g/mol. The van der Waals surface area contributed by atoms with Crippen molar-refractivity contribution in [3.8, 4) is 0 Å². The van der Waals surface area contributed by atoms with E-state index in [1.165, 1.54) is 42.0 Å². The number of nitrogens with one attached hydrogen (secondary N) is 1. The van der Waals surface area contributed by atoms with Gasteiger partial charge in [0, 0.05) is 12.6 Å². The molecule has 0 saturated carbocycles. The lowest BCUT2D eigenvalue weighted by atomic mass is 9.96. The van der Waals surface area contributed by atoms with Crippen LogP contribution in [0.3, 0.4) is 0 Å². The third kappa shape index (κ3) is 4.40. The van der Waals surface area contributed by atoms with E-state index in [1.807, 2.05) is 0 Å². The third-order valence-electron chi connectivity index (χ3n) is 6.11. The number of aromatic nitrogens is 3. The van der Waals surface area contributed by atoms with Gasteiger partial charge in [0.1, 0.15) is 23.6 Å². The molecule has 2 saturated heterocycles. The lowest BCUT2D eigenvalue weighted by molar-refractivity contribution is -0.0950. The van der Waals surface area contributed by atoms with Crippen LogP contribution in [0.15, 0.2) is 41.3 Å². The molecule has 3 aromatic rings. The van der Waals surface area contributed by atoms with Crippen LogP contribution in [0, 0.1) is 5.82 Å². The van der Waals surface area contributed by atoms with Crippen molar-refractivity contribution >= 4 is 24.8 Å². The summed E-state index contributed by atoms with van der Waals surface area (Å²) in [5.41, 5.74) is 3.97. The van der Waals surface area contributed by atoms with Crippen LogP contribution in [0.2, 0.25) is 0 Å². The molecule has 2 aliphatic heterocycles. The fourth-order valence-electron chi connectivity index (χ4n) is 4.30. The van der Waals surface area contributed by atoms with Gasteiger partial charge in [0.05, 0.1) is 24.7 Å². The number of hydrogen-bond donors (Lipinski definition) is 4. The lowest BCUT2D eigenvalue weighted by Crippen LogP contribution is -2.44. The smallest absolute Gasteiger partial charge is 0.387 e. The van der Waals surface area contributed by atoms with E-state index < -0.39 is 55.9 Å². The van der Waals surface area contributed by atoms with Gasteiger partial charge >= 0.3 is 7.82 Å². The maximum Gasteiger partial charge on any atom is 0.475 e. The summed E-state index contributed by atoms with van der Waals surface area (Å²) in [7, 11) is -4.08. The first-order valence-electron chi connectivity index (χ1n) is 10.8. The van der Waals surface area contributed by atoms with Crippen molar-refractivity contribution in [3.63, 3.8) is 0 Å². The molecular weight excluding hydrogens is 486 g/mol. The van der Waals surface area contributed by atoms with E-state index in [-0.39, 0.29) is 23.6 Å². The van der Waals surface area contributed by atoms with Crippen LogP contribution in [-0.4, -0.2) is 55.8 Å². The summed E-state index contributed by atoms with van der Waals surface area (Å²) in [6, 6.07) is 7.20. The first kappa shape index (κ1) is 24.1. The minimum absolute atomic E-state index is 0.0455. The molecule has 1 unspecified atom stereocenters. The average Bonchev–Trinajstić information content (AvgIpc) is 3.31. The molecule has 188 valence electrons. The van der Waals surface area contributed by atoms with E-state index in [2.05, 4.69) is 9.97 Å². The Bertz CT molecular complexity index is 1360. The Morgan fingerprint density at radius 1 is 1.43 bits per heavy atom. The summed E-state index contributed by atoms with van der Waals surface area (Å²) in [5.74, 6) is -0.585. The molecule has 6 atom stereocenters. The number of phosphoric acid groups is 1. The van der Waals surface area contributed by atoms with Gasteiger partial charge in [-0.3, -0.25) is 23.3 Å². The Morgan fingerprint density at radius 2 is 2.23 bits per heavy atom. The quantitative estimate of drug-likeness (QED) is 0.371. The van der Waals surface area contributed by atoms with Crippen LogP contribution < -0.4 is 11.3 Å². The zero-order valence-electron chi connectivity index (χ0n) is 18.5. The van der Waals surface area contributed by atoms with Crippen molar-refractivity contribution in [1.29, 1.82) is 0 Å². The second-order valence-electron chi connectivity index (χ2n) is 8.62. The maximum absolute atomic E-state index is 13.6. The first-order chi connectivity index (χ1) is 16.6. The molecule has 5 N–H and O–H groups in total. The molecule has 2 aromatic heterocycles. The fourth-order valence-corrected chi connectivity index (χ4v) is 5.70. The van der Waals surface area contributed by atoms with Crippen LogP contribution in [0.25, 0.3) is 11.0 Å². The minimum Gasteiger partial charge on any atom is -0.387 e. The van der Waals surface area contributed by atoms with Crippen LogP contribution in [-0.2, 0) is 22.9 Å². The van der Waals surface area contributed by atoms with Gasteiger partial charge in [-0.05, 0) is 30.7 Å². The van der Waals surface area contributed by atoms with Gasteiger partial charge in [0.15, 0.2) is 11.9 Å². The predicted molar refractivity (Wildman–Crippen MR) is 120 cm³/mol. The Labute approximate surface area is 198 Å². The van der Waals surface area contributed by atoms with E-state index in [4.69, 9.17) is 24.0 Å². The van der Waals surface area contributed by atoms with E-state index in [0.717, 1.165) is 0 Å². The number of rotatable bonds is 5. The Morgan fingerprint density at radius 3 is 3.00 bits per heavy atom. The minimum atomic E-state index is -4.08. The summed E-state index contributed by atoms with van der Waals surface area (Å²) in [6.07, 6.45) is -2.69. The highest BCUT2D eigenvalue weighted by Crippen LogP contribution is 2.57. The van der Waals surface area contributed by atoms with Crippen LogP contribution >= 0.6 is 7.82 Å². The molecule has 2 fully saturated rings. The molecule has 14 heteroatoms. The molecule has 2 aliphatic rings. The van der Waals surface area contributed by atoms with Crippen LogP contribution in [0.4, 0.5) is 10.3 Å². The van der Waals surface area contributed by atoms with E-state index in [1.54, 1.807) is 6.07 Å². The van der Waals surface area contributed by atoms with Gasteiger partial charge in [-0.1, -0.05) is 12.1 Å². The third-order valence-corrected chi connectivity index (χ3v) is 7.59. The first-order valence-corrected chi connectivity index (χ1v) is 12.3. The zero-order valence-corrected chi connectivity index (χ0v) is 19.4. The number of anilines is 1. The summed E-state index contributed by atoms with van der Waals surface area (Å²) in [5, 5.41) is 22.0. The van der Waals surface area contributed by atoms with Crippen molar-refractivity contribution in [2.24, 2.45) is 0 Å². The Kier molecular flexibility index (Phi) is 6.04. The number of phosphoric ester groups is 1. The number of benzene rings is 1. The molecule has 0 radical (unpaired) electrons. The molecule has 4 heterocycles. The average molecular weight is 510 g/mol. The van der Waals surface area contributed by atoms with Gasteiger partial charge in [-0.15, -0.1) is 0 Å². The summed E-state index contributed by atoms with van der Waals surface area (Å²) in [4.78, 5) is 18.6. The van der Waals surface area contributed by atoms with Crippen LogP contribution in [0.5, 0.6) is 0 Å². The second kappa shape index (κ2) is 8.79. The molecule has 35 heavy (non-hydrogen) atoms. The molecule has 12 nitrogen and oxygen atoms in total. The van der Waals surface area contributed by atoms with E-state index in [0.29, 0.717) is 12.0 Å². The van der Waals surface area contributed by atoms with Crippen molar-refractivity contribution in [3.05, 3.63) is 58.3 Å². The predicted octanol–water partition coefficient (Wildman–Crippen LogP) is 1.76. The molecule has 5 rings (SSSR count). The van der Waals surface area contributed by atoms with Crippen molar-refractivity contribution in [2.45, 2.75) is 43.5 Å². The fraction of sp³-hybridized carbons (Fsp3) is 0.429. The number of fused-ring (bicyclic) bond motifs is 1. The number of nitrogen functional groups attached to an aromatic ring is 1. The zero-order chi connectivity index (χ0) is 25.0.